The van der Waals surface area contributed by atoms with Gasteiger partial charge < -0.3 is 5.11 Å². The van der Waals surface area contributed by atoms with E-state index in [-0.39, 0.29) is 21.9 Å². The molecule has 0 radical (unpaired) electrons. The molecular weight excluding hydrogens is 350 g/mol. The summed E-state index contributed by atoms with van der Waals surface area (Å²) in [6, 6.07) is 11.6. The average molecular weight is 369 g/mol. The minimum absolute atomic E-state index is 0.0329. The Morgan fingerprint density at radius 2 is 1.73 bits per heavy atom. The highest BCUT2D eigenvalue weighted by Gasteiger charge is 2.39. The van der Waals surface area contributed by atoms with Crippen molar-refractivity contribution in [3.05, 3.63) is 70.4 Å². The molecule has 0 saturated heterocycles. The first kappa shape index (κ1) is 16.8. The van der Waals surface area contributed by atoms with E-state index in [4.69, 9.17) is 0 Å². The highest BCUT2D eigenvalue weighted by atomic mass is 32.2. The number of aliphatic hydroxyl groups excluding tert-OH is 1. The fourth-order valence-electron chi connectivity index (χ4n) is 3.69. The first-order chi connectivity index (χ1) is 12.4. The van der Waals surface area contributed by atoms with Gasteiger partial charge in [-0.25, -0.2) is 8.42 Å². The number of hydrogen-bond acceptors (Lipinski definition) is 4. The second-order valence-corrected chi connectivity index (χ2v) is 8.62. The lowest BCUT2D eigenvalue weighted by atomic mass is 9.90. The van der Waals surface area contributed by atoms with Gasteiger partial charge in [-0.05, 0) is 55.0 Å². The molecule has 0 unspecified atom stereocenters. The van der Waals surface area contributed by atoms with Crippen LogP contribution in [0.15, 0.2) is 53.1 Å². The van der Waals surface area contributed by atoms with E-state index in [1.165, 1.54) is 24.7 Å². The number of aliphatic hydroxyl groups is 1. The van der Waals surface area contributed by atoms with Crippen molar-refractivity contribution < 1.29 is 18.3 Å². The summed E-state index contributed by atoms with van der Waals surface area (Å²) in [5.74, 6) is -0.794. The molecule has 0 bridgehead atoms. The van der Waals surface area contributed by atoms with Crippen LogP contribution in [-0.4, -0.2) is 30.7 Å². The van der Waals surface area contributed by atoms with Gasteiger partial charge in [0, 0.05) is 18.2 Å². The van der Waals surface area contributed by atoms with E-state index >= 15 is 0 Å². The molecule has 0 aromatic heterocycles. The number of nitrogens with zero attached hydrogens (tertiary/aromatic N) is 1. The summed E-state index contributed by atoms with van der Waals surface area (Å²) < 4.78 is 26.4. The highest BCUT2D eigenvalue weighted by Crippen LogP contribution is 2.34. The summed E-state index contributed by atoms with van der Waals surface area (Å²) in [7, 11) is -2.58. The van der Waals surface area contributed by atoms with Gasteiger partial charge >= 0.3 is 0 Å². The fourth-order valence-corrected chi connectivity index (χ4v) is 5.09. The molecule has 6 heteroatoms. The van der Waals surface area contributed by atoms with Crippen molar-refractivity contribution in [3.8, 4) is 0 Å². The lowest BCUT2D eigenvalue weighted by molar-refractivity contribution is 0.100. The SMILES string of the molecule is CN1C(=C(O)c2ccc3c(c2)CCCC3)C(=O)c2ccccc2S1(=O)=O. The smallest absolute Gasteiger partial charge is 0.265 e. The Kier molecular flexibility index (Phi) is 3.88. The van der Waals surface area contributed by atoms with Gasteiger partial charge in [-0.3, -0.25) is 9.10 Å². The van der Waals surface area contributed by atoms with Gasteiger partial charge in [-0.2, -0.15) is 0 Å². The van der Waals surface area contributed by atoms with E-state index < -0.39 is 15.8 Å². The molecule has 0 atom stereocenters. The van der Waals surface area contributed by atoms with E-state index in [0.29, 0.717) is 5.56 Å². The maximum absolute atomic E-state index is 12.9. The van der Waals surface area contributed by atoms with E-state index in [1.807, 2.05) is 12.1 Å². The second kappa shape index (κ2) is 5.99. The average Bonchev–Trinajstić information content (AvgIpc) is 2.66. The zero-order valence-corrected chi connectivity index (χ0v) is 15.2. The van der Waals surface area contributed by atoms with E-state index in [9.17, 15) is 18.3 Å². The van der Waals surface area contributed by atoms with Gasteiger partial charge in [-0.1, -0.05) is 24.3 Å². The molecule has 134 valence electrons. The second-order valence-electron chi connectivity index (χ2n) is 6.69. The summed E-state index contributed by atoms with van der Waals surface area (Å²) in [4.78, 5) is 12.9. The summed E-state index contributed by atoms with van der Waals surface area (Å²) in [5, 5.41) is 10.8. The van der Waals surface area contributed by atoms with Crippen LogP contribution in [0.2, 0.25) is 0 Å². The molecule has 1 aliphatic heterocycles. The molecule has 0 fully saturated rings. The lowest BCUT2D eigenvalue weighted by Gasteiger charge is -2.28. The fraction of sp³-hybridized carbons (Fsp3) is 0.250. The predicted molar refractivity (Wildman–Crippen MR) is 98.4 cm³/mol. The minimum atomic E-state index is -3.88. The molecule has 2 aliphatic rings. The number of rotatable bonds is 1. The van der Waals surface area contributed by atoms with Crippen molar-refractivity contribution >= 4 is 21.6 Å². The zero-order valence-electron chi connectivity index (χ0n) is 14.4. The van der Waals surface area contributed by atoms with Gasteiger partial charge in [0.05, 0.1) is 4.90 Å². The highest BCUT2D eigenvalue weighted by molar-refractivity contribution is 7.89. The molecule has 1 heterocycles. The molecule has 0 amide bonds. The lowest BCUT2D eigenvalue weighted by Crippen LogP contribution is -2.37. The number of hydrogen-bond donors (Lipinski definition) is 1. The quantitative estimate of drug-likeness (QED) is 0.618. The molecule has 0 saturated carbocycles. The number of ketones is 1. The summed E-state index contributed by atoms with van der Waals surface area (Å²) in [5.41, 5.74) is 2.74. The maximum Gasteiger partial charge on any atom is 0.265 e. The number of allylic oxidation sites excluding steroid dienone is 1. The van der Waals surface area contributed by atoms with Gasteiger partial charge in [0.15, 0.2) is 5.76 Å². The standard InChI is InChI=1S/C20H19NO4S/c1-21-18(20(23)16-8-4-5-9-17(16)26(21,24)25)19(22)15-11-10-13-6-2-3-7-14(13)12-15/h4-5,8-12,22H,2-3,6-7H2,1H3. The van der Waals surface area contributed by atoms with Gasteiger partial charge in [0.2, 0.25) is 5.78 Å². The van der Waals surface area contributed by atoms with Gasteiger partial charge in [0.25, 0.3) is 10.0 Å². The number of Topliss-reactive ketones (excluding diaryl/α,β-unsaturated/α-hetero) is 1. The van der Waals surface area contributed by atoms with E-state index in [0.717, 1.165) is 35.6 Å². The number of carbonyl (C=O) groups excluding carboxylic acids is 1. The molecule has 0 spiro atoms. The summed E-state index contributed by atoms with van der Waals surface area (Å²) >= 11 is 0. The topological polar surface area (TPSA) is 74.7 Å². The third kappa shape index (κ3) is 2.44. The Labute approximate surface area is 152 Å². The van der Waals surface area contributed by atoms with E-state index in [2.05, 4.69) is 0 Å². The Morgan fingerprint density at radius 1 is 1.04 bits per heavy atom. The van der Waals surface area contributed by atoms with Crippen molar-refractivity contribution in [2.75, 3.05) is 7.05 Å². The van der Waals surface area contributed by atoms with Crippen LogP contribution in [0.4, 0.5) is 0 Å². The number of benzene rings is 2. The molecule has 5 nitrogen and oxygen atoms in total. The first-order valence-electron chi connectivity index (χ1n) is 8.59. The molecule has 1 N–H and O–H groups in total. The predicted octanol–water partition coefficient (Wildman–Crippen LogP) is 3.31. The van der Waals surface area contributed by atoms with Crippen LogP contribution in [0.1, 0.15) is 39.9 Å². The van der Waals surface area contributed by atoms with Crippen LogP contribution in [-0.2, 0) is 22.9 Å². The number of likely N-dealkylation sites (N-methyl/N-ethyl adjacent to an activating group) is 1. The van der Waals surface area contributed by atoms with Crippen molar-refractivity contribution in [1.29, 1.82) is 0 Å². The van der Waals surface area contributed by atoms with Crippen LogP contribution in [0, 0.1) is 0 Å². The maximum atomic E-state index is 12.9. The first-order valence-corrected chi connectivity index (χ1v) is 10.0. The van der Waals surface area contributed by atoms with Crippen molar-refractivity contribution in [2.24, 2.45) is 0 Å². The third-order valence-electron chi connectivity index (χ3n) is 5.15. The van der Waals surface area contributed by atoms with Crippen molar-refractivity contribution in [3.63, 3.8) is 0 Å². The van der Waals surface area contributed by atoms with Crippen molar-refractivity contribution in [2.45, 2.75) is 30.6 Å². The monoisotopic (exact) mass is 369 g/mol. The Hall–Kier alpha value is -2.60. The van der Waals surface area contributed by atoms with Gasteiger partial charge in [-0.15, -0.1) is 0 Å². The molecule has 1 aliphatic carbocycles. The molecule has 4 rings (SSSR count). The van der Waals surface area contributed by atoms with Crippen LogP contribution < -0.4 is 0 Å². The Balaban J connectivity index is 1.90. The van der Waals surface area contributed by atoms with Crippen molar-refractivity contribution in [1.82, 2.24) is 4.31 Å². The van der Waals surface area contributed by atoms with Crippen LogP contribution in [0.3, 0.4) is 0 Å². The van der Waals surface area contributed by atoms with Crippen LogP contribution in [0.5, 0.6) is 0 Å². The van der Waals surface area contributed by atoms with Crippen LogP contribution >= 0.6 is 0 Å². The number of fused-ring (bicyclic) bond motifs is 2. The van der Waals surface area contributed by atoms with E-state index in [1.54, 1.807) is 18.2 Å². The number of aryl methyl sites for hydroxylation is 2. The Morgan fingerprint density at radius 3 is 2.50 bits per heavy atom. The summed E-state index contributed by atoms with van der Waals surface area (Å²) in [6.07, 6.45) is 4.17. The number of sulfonamides is 1. The Bertz CT molecular complexity index is 1050. The third-order valence-corrected chi connectivity index (χ3v) is 6.96. The van der Waals surface area contributed by atoms with Gasteiger partial charge in [0.1, 0.15) is 5.70 Å². The molecule has 2 aromatic carbocycles. The molecule has 26 heavy (non-hydrogen) atoms. The summed E-state index contributed by atoms with van der Waals surface area (Å²) in [6.45, 7) is 0. The molecule has 2 aromatic rings. The number of carbonyl (C=O) groups is 1. The molecular formula is C20H19NO4S. The largest absolute Gasteiger partial charge is 0.505 e. The normalized spacial score (nSPS) is 20.3. The zero-order chi connectivity index (χ0) is 18.5. The van der Waals surface area contributed by atoms with Crippen LogP contribution in [0.25, 0.3) is 5.76 Å². The minimum Gasteiger partial charge on any atom is -0.505 e.